The van der Waals surface area contributed by atoms with E-state index in [0.29, 0.717) is 13.0 Å². The Morgan fingerprint density at radius 2 is 1.92 bits per heavy atom. The van der Waals surface area contributed by atoms with E-state index >= 15 is 0 Å². The van der Waals surface area contributed by atoms with Crippen LogP contribution in [0.2, 0.25) is 0 Å². The number of nitrogens with two attached hydrogens (primary N) is 1. The second-order valence-electron chi connectivity index (χ2n) is 7.10. The summed E-state index contributed by atoms with van der Waals surface area (Å²) in [6.07, 6.45) is 4.05. The van der Waals surface area contributed by atoms with Gasteiger partial charge in [-0.3, -0.25) is 4.79 Å². The largest absolute Gasteiger partial charge is 0.378 e. The molecule has 3 N–H and O–H groups in total. The molecule has 2 atom stereocenters. The third-order valence-electron chi connectivity index (χ3n) is 5.27. The summed E-state index contributed by atoms with van der Waals surface area (Å²) in [7, 11) is 0. The van der Waals surface area contributed by atoms with E-state index in [1.165, 1.54) is 18.4 Å². The molecule has 1 aromatic carbocycles. The van der Waals surface area contributed by atoms with Crippen LogP contribution >= 0.6 is 12.4 Å². The minimum Gasteiger partial charge on any atom is -0.378 e. The highest BCUT2D eigenvalue weighted by Gasteiger charge is 2.62. The van der Waals surface area contributed by atoms with E-state index in [9.17, 15) is 4.79 Å². The first kappa shape index (κ1) is 20.9. The van der Waals surface area contributed by atoms with Gasteiger partial charge in [0.05, 0.1) is 6.10 Å². The fraction of sp³-hybridized carbons (Fsp3) is 0.632. The molecule has 1 fully saturated rings. The maximum atomic E-state index is 12.6. The predicted molar refractivity (Wildman–Crippen MR) is 102 cm³/mol. The van der Waals surface area contributed by atoms with Gasteiger partial charge in [-0.1, -0.05) is 39.3 Å². The van der Waals surface area contributed by atoms with E-state index in [1.807, 2.05) is 32.9 Å². The lowest BCUT2D eigenvalue weighted by Crippen LogP contribution is -2.74. The van der Waals surface area contributed by atoms with Gasteiger partial charge in [0, 0.05) is 24.1 Å². The Bertz CT molecular complexity index is 545. The first-order valence-corrected chi connectivity index (χ1v) is 8.66. The fourth-order valence-electron chi connectivity index (χ4n) is 3.20. The van der Waals surface area contributed by atoms with Gasteiger partial charge < -0.3 is 15.8 Å². The van der Waals surface area contributed by atoms with Crippen molar-refractivity contribution in [1.82, 2.24) is 0 Å². The summed E-state index contributed by atoms with van der Waals surface area (Å²) in [5.74, 6) is -0.125. The summed E-state index contributed by atoms with van der Waals surface area (Å²) in [6.45, 7) is 8.80. The number of nitrogens with one attached hydrogen (secondary N) is 1. The maximum Gasteiger partial charge on any atom is 0.245 e. The van der Waals surface area contributed by atoms with Gasteiger partial charge in [-0.15, -0.1) is 12.4 Å². The Labute approximate surface area is 151 Å². The summed E-state index contributed by atoms with van der Waals surface area (Å²) in [5.41, 5.74) is 7.25. The highest BCUT2D eigenvalue weighted by Crippen LogP contribution is 2.50. The summed E-state index contributed by atoms with van der Waals surface area (Å²) in [6, 6.07) is 8.06. The maximum absolute atomic E-state index is 12.6. The van der Waals surface area contributed by atoms with Gasteiger partial charge in [0.25, 0.3) is 0 Å². The van der Waals surface area contributed by atoms with Crippen molar-refractivity contribution < 1.29 is 9.53 Å². The van der Waals surface area contributed by atoms with Gasteiger partial charge >= 0.3 is 0 Å². The number of anilines is 1. The number of aryl methyl sites for hydroxylation is 1. The van der Waals surface area contributed by atoms with Crippen LogP contribution in [-0.2, 0) is 16.0 Å². The van der Waals surface area contributed by atoms with Crippen molar-refractivity contribution in [3.05, 3.63) is 29.8 Å². The molecule has 24 heavy (non-hydrogen) atoms. The van der Waals surface area contributed by atoms with Crippen LogP contribution in [0, 0.1) is 5.41 Å². The van der Waals surface area contributed by atoms with Crippen LogP contribution in [-0.4, -0.2) is 24.2 Å². The monoisotopic (exact) mass is 354 g/mol. The molecule has 1 saturated carbocycles. The van der Waals surface area contributed by atoms with Gasteiger partial charge in [-0.25, -0.2) is 0 Å². The SMILES string of the molecule is CCCCc1ccc(NC(=O)C2(N)CC(OCC)C2(C)C)cc1.Cl. The third kappa shape index (κ3) is 3.93. The Hall–Kier alpha value is -1.10. The second kappa shape index (κ2) is 8.32. The zero-order valence-electron chi connectivity index (χ0n) is 15.2. The fourth-order valence-corrected chi connectivity index (χ4v) is 3.20. The number of benzene rings is 1. The molecule has 0 saturated heterocycles. The normalized spacial score (nSPS) is 24.6. The van der Waals surface area contributed by atoms with Gasteiger partial charge in [0.15, 0.2) is 0 Å². The first-order chi connectivity index (χ1) is 10.8. The Balaban J connectivity index is 0.00000288. The summed E-state index contributed by atoms with van der Waals surface area (Å²) >= 11 is 0. The highest BCUT2D eigenvalue weighted by molar-refractivity contribution is 5.99. The number of amides is 1. The average Bonchev–Trinajstić information content (AvgIpc) is 2.53. The van der Waals surface area contributed by atoms with Crippen molar-refractivity contribution in [2.75, 3.05) is 11.9 Å². The van der Waals surface area contributed by atoms with Crippen molar-refractivity contribution in [2.45, 2.75) is 65.0 Å². The first-order valence-electron chi connectivity index (χ1n) is 8.66. The molecule has 0 radical (unpaired) electrons. The zero-order chi connectivity index (χ0) is 17.1. The van der Waals surface area contributed by atoms with Crippen LogP contribution in [0.3, 0.4) is 0 Å². The predicted octanol–water partition coefficient (Wildman–Crippen LogP) is 3.92. The molecule has 5 heteroatoms. The van der Waals surface area contributed by atoms with E-state index < -0.39 is 5.54 Å². The number of ether oxygens (including phenoxy) is 1. The van der Waals surface area contributed by atoms with E-state index in [1.54, 1.807) is 0 Å². The molecule has 0 aliphatic heterocycles. The van der Waals surface area contributed by atoms with E-state index in [-0.39, 0.29) is 29.8 Å². The molecular formula is C19H31ClN2O2. The minimum atomic E-state index is -0.881. The van der Waals surface area contributed by atoms with Gasteiger partial charge in [-0.2, -0.15) is 0 Å². The number of carbonyl (C=O) groups excluding carboxylic acids is 1. The number of hydrogen-bond donors (Lipinski definition) is 2. The van der Waals surface area contributed by atoms with Crippen molar-refractivity contribution in [3.8, 4) is 0 Å². The van der Waals surface area contributed by atoms with E-state index in [0.717, 1.165) is 12.1 Å². The summed E-state index contributed by atoms with van der Waals surface area (Å²) in [4.78, 5) is 12.6. The Kier molecular flexibility index (Phi) is 7.26. The van der Waals surface area contributed by atoms with Crippen molar-refractivity contribution in [2.24, 2.45) is 11.1 Å². The van der Waals surface area contributed by atoms with Crippen molar-refractivity contribution >= 4 is 24.0 Å². The lowest BCUT2D eigenvalue weighted by Gasteiger charge is -2.57. The third-order valence-corrected chi connectivity index (χ3v) is 5.27. The Morgan fingerprint density at radius 1 is 1.29 bits per heavy atom. The molecule has 0 heterocycles. The molecule has 2 unspecified atom stereocenters. The van der Waals surface area contributed by atoms with Crippen LogP contribution in [0.15, 0.2) is 24.3 Å². The second-order valence-corrected chi connectivity index (χ2v) is 7.10. The van der Waals surface area contributed by atoms with E-state index in [4.69, 9.17) is 10.5 Å². The molecule has 0 bridgehead atoms. The molecule has 1 aliphatic rings. The number of hydrogen-bond acceptors (Lipinski definition) is 3. The van der Waals surface area contributed by atoms with Crippen molar-refractivity contribution in [1.29, 1.82) is 0 Å². The molecule has 1 aliphatic carbocycles. The van der Waals surface area contributed by atoms with Crippen molar-refractivity contribution in [3.63, 3.8) is 0 Å². The van der Waals surface area contributed by atoms with Crippen LogP contribution in [0.1, 0.15) is 52.5 Å². The minimum absolute atomic E-state index is 0. The number of carbonyl (C=O) groups is 1. The Morgan fingerprint density at radius 3 is 2.42 bits per heavy atom. The lowest BCUT2D eigenvalue weighted by molar-refractivity contribution is -0.166. The number of rotatable bonds is 7. The molecule has 1 aromatic rings. The standard InChI is InChI=1S/C19H30N2O2.ClH/c1-5-7-8-14-9-11-15(12-10-14)21-17(22)19(20)13-16(23-6-2)18(19,3)4;/h9-12,16H,5-8,13,20H2,1-4H3,(H,21,22);1H. The van der Waals surface area contributed by atoms with Gasteiger partial charge in [0.2, 0.25) is 5.91 Å². The molecular weight excluding hydrogens is 324 g/mol. The van der Waals surface area contributed by atoms with Gasteiger partial charge in [0.1, 0.15) is 5.54 Å². The van der Waals surface area contributed by atoms with Crippen LogP contribution in [0.5, 0.6) is 0 Å². The summed E-state index contributed by atoms with van der Waals surface area (Å²) < 4.78 is 5.68. The molecule has 4 nitrogen and oxygen atoms in total. The quantitative estimate of drug-likeness (QED) is 0.779. The lowest BCUT2D eigenvalue weighted by atomic mass is 9.54. The van der Waals surface area contributed by atoms with Crippen LogP contribution in [0.4, 0.5) is 5.69 Å². The molecule has 2 rings (SSSR count). The highest BCUT2D eigenvalue weighted by atomic mass is 35.5. The summed E-state index contributed by atoms with van der Waals surface area (Å²) in [5, 5.41) is 2.97. The van der Waals surface area contributed by atoms with Crippen LogP contribution in [0.25, 0.3) is 0 Å². The number of halogens is 1. The topological polar surface area (TPSA) is 64.4 Å². The van der Waals surface area contributed by atoms with Gasteiger partial charge in [-0.05, 0) is 37.5 Å². The number of unbranched alkanes of at least 4 members (excludes halogenated alkanes) is 1. The van der Waals surface area contributed by atoms with Crippen LogP contribution < -0.4 is 11.1 Å². The van der Waals surface area contributed by atoms with E-state index in [2.05, 4.69) is 24.4 Å². The molecule has 136 valence electrons. The molecule has 0 spiro atoms. The average molecular weight is 355 g/mol. The zero-order valence-corrected chi connectivity index (χ0v) is 16.0. The smallest absolute Gasteiger partial charge is 0.245 e. The molecule has 1 amide bonds. The molecule has 0 aromatic heterocycles.